The molecule has 0 heterocycles. The molecule has 0 aliphatic heterocycles. The molecule has 76 valence electrons. The summed E-state index contributed by atoms with van der Waals surface area (Å²) in [6.07, 6.45) is 1.80. The van der Waals surface area contributed by atoms with Crippen molar-refractivity contribution in [2.75, 3.05) is 6.54 Å². The van der Waals surface area contributed by atoms with Crippen LogP contribution in [-0.2, 0) is 0 Å². The lowest BCUT2D eigenvalue weighted by Gasteiger charge is -2.12. The van der Waals surface area contributed by atoms with E-state index in [2.05, 4.69) is 5.32 Å². The third-order valence-corrected chi connectivity index (χ3v) is 2.16. The van der Waals surface area contributed by atoms with Crippen LogP contribution >= 0.6 is 11.6 Å². The van der Waals surface area contributed by atoms with Gasteiger partial charge in [0.2, 0.25) is 0 Å². The Hall–Kier alpha value is -0.860. The summed E-state index contributed by atoms with van der Waals surface area (Å²) in [6, 6.07) is 6.70. The maximum atomic E-state index is 12.9. The molecule has 1 atom stereocenters. The van der Waals surface area contributed by atoms with Crippen LogP contribution in [0.1, 0.15) is 18.5 Å². The van der Waals surface area contributed by atoms with Gasteiger partial charge in [0.25, 0.3) is 0 Å². The molecule has 1 aromatic carbocycles. The van der Waals surface area contributed by atoms with Gasteiger partial charge in [-0.15, -0.1) is 0 Å². The van der Waals surface area contributed by atoms with Crippen LogP contribution < -0.4 is 5.32 Å². The van der Waals surface area contributed by atoms with Gasteiger partial charge in [-0.05, 0) is 24.6 Å². The molecule has 3 heteroatoms. The van der Waals surface area contributed by atoms with Gasteiger partial charge in [0.1, 0.15) is 5.82 Å². The summed E-state index contributed by atoms with van der Waals surface area (Å²) in [5.74, 6) is -0.205. The highest BCUT2D eigenvalue weighted by Crippen LogP contribution is 2.12. The largest absolute Gasteiger partial charge is 0.307 e. The van der Waals surface area contributed by atoms with Gasteiger partial charge in [0.05, 0.1) is 0 Å². The van der Waals surface area contributed by atoms with Crippen molar-refractivity contribution in [1.82, 2.24) is 5.32 Å². The van der Waals surface area contributed by atoms with Crippen molar-refractivity contribution in [3.05, 3.63) is 47.3 Å². The molecule has 0 bridgehead atoms. The smallest absolute Gasteiger partial charge is 0.123 e. The first-order valence-electron chi connectivity index (χ1n) is 4.48. The molecule has 0 amide bonds. The molecule has 0 saturated heterocycles. The average molecular weight is 214 g/mol. The Morgan fingerprint density at radius 2 is 2.36 bits per heavy atom. The summed E-state index contributed by atoms with van der Waals surface area (Å²) in [4.78, 5) is 0. The Kier molecular flexibility index (Phi) is 4.63. The number of nitrogens with one attached hydrogen (secondary N) is 1. The molecule has 1 aromatic rings. The summed E-state index contributed by atoms with van der Waals surface area (Å²) >= 11 is 5.38. The molecule has 14 heavy (non-hydrogen) atoms. The molecular formula is C11H13ClFN. The molecule has 1 nitrogen and oxygen atoms in total. The van der Waals surface area contributed by atoms with E-state index >= 15 is 0 Å². The van der Waals surface area contributed by atoms with E-state index in [1.54, 1.807) is 12.1 Å². The van der Waals surface area contributed by atoms with Crippen LogP contribution in [-0.4, -0.2) is 6.54 Å². The van der Waals surface area contributed by atoms with Crippen LogP contribution in [0.2, 0.25) is 0 Å². The van der Waals surface area contributed by atoms with Crippen LogP contribution in [0.4, 0.5) is 4.39 Å². The fourth-order valence-electron chi connectivity index (χ4n) is 1.18. The molecular weight excluding hydrogens is 201 g/mol. The van der Waals surface area contributed by atoms with Gasteiger partial charge in [-0.2, -0.15) is 0 Å². The van der Waals surface area contributed by atoms with E-state index in [-0.39, 0.29) is 11.9 Å². The quantitative estimate of drug-likeness (QED) is 0.810. The number of benzene rings is 1. The molecule has 1 rings (SSSR count). The highest BCUT2D eigenvalue weighted by Gasteiger charge is 2.03. The van der Waals surface area contributed by atoms with Crippen LogP contribution in [0.5, 0.6) is 0 Å². The monoisotopic (exact) mass is 213 g/mol. The summed E-state index contributed by atoms with van der Waals surface area (Å²) in [7, 11) is 0. The van der Waals surface area contributed by atoms with Crippen molar-refractivity contribution in [3.8, 4) is 0 Å². The molecule has 0 saturated carbocycles. The molecule has 0 aliphatic rings. The van der Waals surface area contributed by atoms with E-state index in [0.717, 1.165) is 5.56 Å². The fourth-order valence-corrected chi connectivity index (χ4v) is 1.27. The zero-order valence-corrected chi connectivity index (χ0v) is 8.76. The van der Waals surface area contributed by atoms with Gasteiger partial charge in [-0.25, -0.2) is 4.39 Å². The highest BCUT2D eigenvalue weighted by molar-refractivity contribution is 6.25. The maximum Gasteiger partial charge on any atom is 0.123 e. The fraction of sp³-hybridized carbons (Fsp3) is 0.273. The van der Waals surface area contributed by atoms with Crippen molar-refractivity contribution < 1.29 is 4.39 Å². The lowest BCUT2D eigenvalue weighted by atomic mass is 10.1. The minimum absolute atomic E-state index is 0.124. The van der Waals surface area contributed by atoms with E-state index < -0.39 is 0 Å². The predicted octanol–water partition coefficient (Wildman–Crippen LogP) is 3.23. The Bertz CT molecular complexity index is 312. The third-order valence-electron chi connectivity index (χ3n) is 1.98. The zero-order valence-electron chi connectivity index (χ0n) is 8.00. The Morgan fingerprint density at radius 3 is 3.00 bits per heavy atom. The van der Waals surface area contributed by atoms with Crippen molar-refractivity contribution in [1.29, 1.82) is 0 Å². The van der Waals surface area contributed by atoms with Gasteiger partial charge >= 0.3 is 0 Å². The third kappa shape index (κ3) is 3.48. The second-order valence-corrected chi connectivity index (χ2v) is 3.30. The normalized spacial score (nSPS) is 13.4. The molecule has 0 aromatic heterocycles. The molecule has 0 spiro atoms. The number of halogens is 2. The van der Waals surface area contributed by atoms with Gasteiger partial charge in [0.15, 0.2) is 0 Å². The summed E-state index contributed by atoms with van der Waals surface area (Å²) in [5.41, 5.74) is 2.40. The summed E-state index contributed by atoms with van der Waals surface area (Å²) < 4.78 is 12.9. The number of rotatable bonds is 4. The Balaban J connectivity index is 2.55. The van der Waals surface area contributed by atoms with Crippen LogP contribution in [0, 0.1) is 5.82 Å². The lowest BCUT2D eigenvalue weighted by molar-refractivity contribution is 0.595. The topological polar surface area (TPSA) is 12.0 Å². The Morgan fingerprint density at radius 1 is 1.57 bits per heavy atom. The number of hydrogen-bond donors (Lipinski definition) is 1. The minimum Gasteiger partial charge on any atom is -0.307 e. The first kappa shape index (κ1) is 11.2. The van der Waals surface area contributed by atoms with Crippen LogP contribution in [0.3, 0.4) is 0 Å². The van der Waals surface area contributed by atoms with Crippen LogP contribution in [0.15, 0.2) is 35.9 Å². The molecule has 1 N–H and O–H groups in total. The molecule has 0 radical (unpaired) electrons. The summed E-state index contributed by atoms with van der Waals surface area (Å²) in [5, 5.41) is 3.19. The first-order chi connectivity index (χ1) is 6.74. The van der Waals surface area contributed by atoms with Crippen molar-refractivity contribution in [3.63, 3.8) is 0 Å². The van der Waals surface area contributed by atoms with E-state index in [4.69, 9.17) is 11.6 Å². The Labute approximate surface area is 88.6 Å². The predicted molar refractivity (Wildman–Crippen MR) is 57.8 cm³/mol. The van der Waals surface area contributed by atoms with Crippen molar-refractivity contribution >= 4 is 11.6 Å². The SMILES string of the molecule is C[C@H](NC/C=C/Cl)c1cccc(F)c1. The lowest BCUT2D eigenvalue weighted by Crippen LogP contribution is -2.18. The summed E-state index contributed by atoms with van der Waals surface area (Å²) in [6.45, 7) is 2.66. The number of hydrogen-bond acceptors (Lipinski definition) is 1. The molecule has 0 aliphatic carbocycles. The standard InChI is InChI=1S/C11H13ClFN/c1-9(14-7-3-6-12)10-4-2-5-11(13)8-10/h2-6,8-9,14H,7H2,1H3/b6-3+/t9-/m0/s1. The molecule has 0 unspecified atom stereocenters. The average Bonchev–Trinajstić information content (AvgIpc) is 2.18. The first-order valence-corrected chi connectivity index (χ1v) is 4.91. The van der Waals surface area contributed by atoms with Crippen LogP contribution in [0.25, 0.3) is 0 Å². The van der Waals surface area contributed by atoms with Crippen molar-refractivity contribution in [2.24, 2.45) is 0 Å². The zero-order chi connectivity index (χ0) is 10.4. The van der Waals surface area contributed by atoms with E-state index in [0.29, 0.717) is 6.54 Å². The minimum atomic E-state index is -0.205. The van der Waals surface area contributed by atoms with E-state index in [9.17, 15) is 4.39 Å². The van der Waals surface area contributed by atoms with E-state index in [1.807, 2.05) is 13.0 Å². The van der Waals surface area contributed by atoms with Gasteiger partial charge < -0.3 is 5.32 Å². The van der Waals surface area contributed by atoms with E-state index in [1.165, 1.54) is 17.7 Å². The van der Waals surface area contributed by atoms with Gasteiger partial charge in [-0.3, -0.25) is 0 Å². The second kappa shape index (κ2) is 5.78. The van der Waals surface area contributed by atoms with Gasteiger partial charge in [0, 0.05) is 18.1 Å². The maximum absolute atomic E-state index is 12.9. The van der Waals surface area contributed by atoms with Crippen molar-refractivity contribution in [2.45, 2.75) is 13.0 Å². The highest BCUT2D eigenvalue weighted by atomic mass is 35.5. The second-order valence-electron chi connectivity index (χ2n) is 3.05. The molecule has 0 fully saturated rings. The van der Waals surface area contributed by atoms with Gasteiger partial charge in [-0.1, -0.05) is 29.8 Å².